The zero-order chi connectivity index (χ0) is 12.3. The van der Waals surface area contributed by atoms with Crippen molar-refractivity contribution >= 4 is 17.3 Å². The first-order valence-electron chi connectivity index (χ1n) is 5.75. The van der Waals surface area contributed by atoms with Crippen molar-refractivity contribution in [2.75, 3.05) is 18.1 Å². The van der Waals surface area contributed by atoms with Gasteiger partial charge in [0.2, 0.25) is 0 Å². The van der Waals surface area contributed by atoms with Gasteiger partial charge in [-0.25, -0.2) is 0 Å². The Morgan fingerprint density at radius 2 is 2.06 bits per heavy atom. The quantitative estimate of drug-likeness (QED) is 0.737. The number of nitrogens with zero attached hydrogens (tertiary/aromatic N) is 1. The summed E-state index contributed by atoms with van der Waals surface area (Å²) < 4.78 is 5.63. The van der Waals surface area contributed by atoms with Gasteiger partial charge in [-0.15, -0.1) is 0 Å². The van der Waals surface area contributed by atoms with E-state index in [-0.39, 0.29) is 0 Å². The van der Waals surface area contributed by atoms with Crippen molar-refractivity contribution < 1.29 is 4.74 Å². The lowest BCUT2D eigenvalue weighted by atomic mass is 10.2. The first-order chi connectivity index (χ1) is 8.27. The van der Waals surface area contributed by atoms with E-state index in [0.29, 0.717) is 6.61 Å². The fourth-order valence-corrected chi connectivity index (χ4v) is 2.20. The van der Waals surface area contributed by atoms with E-state index in [9.17, 15) is 0 Å². The van der Waals surface area contributed by atoms with E-state index in [1.807, 2.05) is 44.2 Å². The molecule has 0 aliphatic carbocycles. The van der Waals surface area contributed by atoms with Crippen LogP contribution in [0.2, 0.25) is 0 Å². The van der Waals surface area contributed by atoms with Crippen LogP contribution in [0, 0.1) is 0 Å². The van der Waals surface area contributed by atoms with Crippen molar-refractivity contribution in [2.24, 2.45) is 0 Å². The summed E-state index contributed by atoms with van der Waals surface area (Å²) in [6.45, 7) is 5.44. The molecule has 0 N–H and O–H groups in total. The van der Waals surface area contributed by atoms with E-state index in [1.165, 1.54) is 0 Å². The standard InChI is InChI=1S/C14H16ClNO/c1-3-11(15)12(4-2)16-9-10-17-14-8-6-5-7-13(14)16/h3-8H,9-10H2,1-2H3. The number of hydrogen-bond donors (Lipinski definition) is 0. The van der Waals surface area contributed by atoms with Crippen LogP contribution in [0.5, 0.6) is 5.75 Å². The van der Waals surface area contributed by atoms with E-state index in [4.69, 9.17) is 16.3 Å². The van der Waals surface area contributed by atoms with E-state index < -0.39 is 0 Å². The second-order valence-corrected chi connectivity index (χ2v) is 4.19. The van der Waals surface area contributed by atoms with E-state index in [1.54, 1.807) is 0 Å². The molecule has 2 nitrogen and oxygen atoms in total. The van der Waals surface area contributed by atoms with Gasteiger partial charge in [0.25, 0.3) is 0 Å². The van der Waals surface area contributed by atoms with Crippen molar-refractivity contribution in [1.29, 1.82) is 0 Å². The van der Waals surface area contributed by atoms with Crippen LogP contribution in [0.15, 0.2) is 47.1 Å². The highest BCUT2D eigenvalue weighted by molar-refractivity contribution is 6.32. The fraction of sp³-hybridized carbons (Fsp3) is 0.286. The minimum Gasteiger partial charge on any atom is -0.490 e. The van der Waals surface area contributed by atoms with Crippen LogP contribution < -0.4 is 9.64 Å². The Balaban J connectivity index is 2.42. The van der Waals surface area contributed by atoms with E-state index >= 15 is 0 Å². The number of para-hydroxylation sites is 2. The van der Waals surface area contributed by atoms with Gasteiger partial charge in [0.1, 0.15) is 12.4 Å². The van der Waals surface area contributed by atoms with Crippen LogP contribution in [0.1, 0.15) is 13.8 Å². The average molecular weight is 250 g/mol. The number of benzene rings is 1. The lowest BCUT2D eigenvalue weighted by molar-refractivity contribution is 0.312. The molecule has 90 valence electrons. The lowest BCUT2D eigenvalue weighted by Gasteiger charge is -2.32. The molecule has 1 aliphatic rings. The molecule has 0 unspecified atom stereocenters. The number of rotatable bonds is 2. The summed E-state index contributed by atoms with van der Waals surface area (Å²) in [6, 6.07) is 8.03. The van der Waals surface area contributed by atoms with Crippen LogP contribution in [0.3, 0.4) is 0 Å². The largest absolute Gasteiger partial charge is 0.490 e. The molecule has 1 aromatic carbocycles. The zero-order valence-corrected chi connectivity index (χ0v) is 10.9. The van der Waals surface area contributed by atoms with Crippen molar-refractivity contribution in [2.45, 2.75) is 13.8 Å². The molecule has 0 aromatic heterocycles. The molecule has 3 heteroatoms. The van der Waals surface area contributed by atoms with Crippen LogP contribution in [-0.4, -0.2) is 13.2 Å². The summed E-state index contributed by atoms with van der Waals surface area (Å²) in [7, 11) is 0. The molecular formula is C14H16ClNO. The van der Waals surface area contributed by atoms with Gasteiger partial charge in [-0.2, -0.15) is 0 Å². The van der Waals surface area contributed by atoms with Gasteiger partial charge in [0.05, 0.1) is 23.0 Å². The van der Waals surface area contributed by atoms with Gasteiger partial charge < -0.3 is 9.64 Å². The molecule has 0 fully saturated rings. The maximum Gasteiger partial charge on any atom is 0.143 e. The summed E-state index contributed by atoms with van der Waals surface area (Å²) in [4.78, 5) is 2.20. The Labute approximate surface area is 107 Å². The molecule has 1 heterocycles. The molecule has 0 atom stereocenters. The molecule has 0 spiro atoms. The van der Waals surface area contributed by atoms with Crippen LogP contribution in [-0.2, 0) is 0 Å². The van der Waals surface area contributed by atoms with E-state index in [2.05, 4.69) is 11.0 Å². The fourth-order valence-electron chi connectivity index (χ4n) is 1.99. The van der Waals surface area contributed by atoms with Gasteiger partial charge in [0, 0.05) is 0 Å². The molecule has 0 saturated heterocycles. The average Bonchev–Trinajstić information content (AvgIpc) is 2.39. The summed E-state index contributed by atoms with van der Waals surface area (Å²) in [5.74, 6) is 0.915. The highest BCUT2D eigenvalue weighted by Crippen LogP contribution is 2.35. The van der Waals surface area contributed by atoms with Gasteiger partial charge in [0.15, 0.2) is 0 Å². The Morgan fingerprint density at radius 3 is 2.76 bits per heavy atom. The zero-order valence-electron chi connectivity index (χ0n) is 10.1. The highest BCUT2D eigenvalue weighted by Gasteiger charge is 2.21. The smallest absolute Gasteiger partial charge is 0.143 e. The second-order valence-electron chi connectivity index (χ2n) is 3.78. The van der Waals surface area contributed by atoms with Crippen molar-refractivity contribution in [3.05, 3.63) is 47.1 Å². The predicted octanol–water partition coefficient (Wildman–Crippen LogP) is 3.93. The minimum atomic E-state index is 0.683. The normalized spacial score (nSPS) is 16.5. The Morgan fingerprint density at radius 1 is 1.29 bits per heavy atom. The number of allylic oxidation sites excluding steroid dienone is 3. The van der Waals surface area contributed by atoms with E-state index in [0.717, 1.165) is 28.7 Å². The molecule has 17 heavy (non-hydrogen) atoms. The van der Waals surface area contributed by atoms with Gasteiger partial charge in [-0.05, 0) is 26.0 Å². The van der Waals surface area contributed by atoms with Crippen molar-refractivity contribution in [3.8, 4) is 5.75 Å². The maximum absolute atomic E-state index is 6.24. The first kappa shape index (κ1) is 12.1. The number of fused-ring (bicyclic) bond motifs is 1. The van der Waals surface area contributed by atoms with Crippen molar-refractivity contribution in [1.82, 2.24) is 0 Å². The third-order valence-electron chi connectivity index (χ3n) is 2.79. The topological polar surface area (TPSA) is 12.5 Å². The minimum absolute atomic E-state index is 0.683. The molecule has 0 radical (unpaired) electrons. The Kier molecular flexibility index (Phi) is 3.75. The summed E-state index contributed by atoms with van der Waals surface area (Å²) in [5, 5.41) is 0.768. The molecule has 1 aliphatic heterocycles. The predicted molar refractivity (Wildman–Crippen MR) is 72.7 cm³/mol. The van der Waals surface area contributed by atoms with Gasteiger partial charge in [-0.1, -0.05) is 35.9 Å². The van der Waals surface area contributed by atoms with Crippen LogP contribution >= 0.6 is 11.6 Å². The molecule has 0 bridgehead atoms. The molecular weight excluding hydrogens is 234 g/mol. The summed E-state index contributed by atoms with van der Waals surface area (Å²) in [6.07, 6.45) is 3.94. The Bertz CT molecular complexity index is 465. The van der Waals surface area contributed by atoms with Gasteiger partial charge >= 0.3 is 0 Å². The van der Waals surface area contributed by atoms with Gasteiger partial charge in [-0.3, -0.25) is 0 Å². The Hall–Kier alpha value is -1.41. The molecule has 1 aromatic rings. The number of anilines is 1. The van der Waals surface area contributed by atoms with Crippen LogP contribution in [0.4, 0.5) is 5.69 Å². The maximum atomic E-state index is 6.24. The first-order valence-corrected chi connectivity index (χ1v) is 6.13. The third-order valence-corrected chi connectivity index (χ3v) is 3.20. The van der Waals surface area contributed by atoms with Crippen LogP contribution in [0.25, 0.3) is 0 Å². The number of hydrogen-bond acceptors (Lipinski definition) is 2. The SMILES string of the molecule is CC=C(Cl)C(=CC)N1CCOc2ccccc21. The number of ether oxygens (including phenoxy) is 1. The molecule has 0 saturated carbocycles. The van der Waals surface area contributed by atoms with Crippen molar-refractivity contribution in [3.63, 3.8) is 0 Å². The molecule has 0 amide bonds. The third kappa shape index (κ3) is 2.32. The highest BCUT2D eigenvalue weighted by atomic mass is 35.5. The summed E-state index contributed by atoms with van der Waals surface area (Å²) in [5.41, 5.74) is 2.11. The number of halogens is 1. The lowest BCUT2D eigenvalue weighted by Crippen LogP contribution is -2.32. The summed E-state index contributed by atoms with van der Waals surface area (Å²) >= 11 is 6.24. The molecule has 2 rings (SSSR count). The monoisotopic (exact) mass is 249 g/mol. The second kappa shape index (κ2) is 5.28.